The van der Waals surface area contributed by atoms with E-state index in [0.717, 1.165) is 23.6 Å². The first-order chi connectivity index (χ1) is 10.0. The van der Waals surface area contributed by atoms with Gasteiger partial charge in [-0.2, -0.15) is 0 Å². The Kier molecular flexibility index (Phi) is 5.36. The van der Waals surface area contributed by atoms with Crippen LogP contribution in [-0.2, 0) is 11.3 Å². The summed E-state index contributed by atoms with van der Waals surface area (Å²) in [5.41, 5.74) is 3.45. The number of aromatic nitrogens is 2. The Labute approximate surface area is 129 Å². The molecule has 2 heterocycles. The van der Waals surface area contributed by atoms with Crippen LogP contribution >= 0.6 is 11.3 Å². The van der Waals surface area contributed by atoms with Crippen LogP contribution in [0.5, 0.6) is 0 Å². The maximum Gasteiger partial charge on any atom is 0.221 e. The summed E-state index contributed by atoms with van der Waals surface area (Å²) in [4.78, 5) is 17.3. The van der Waals surface area contributed by atoms with Gasteiger partial charge in [0.25, 0.3) is 0 Å². The molecule has 1 amide bonds. The lowest BCUT2D eigenvalue weighted by Gasteiger charge is -2.11. The molecule has 0 aliphatic rings. The van der Waals surface area contributed by atoms with E-state index in [1.54, 1.807) is 11.3 Å². The number of nitrogens with one attached hydrogen (secondary N) is 2. The van der Waals surface area contributed by atoms with Gasteiger partial charge in [-0.3, -0.25) is 9.20 Å². The van der Waals surface area contributed by atoms with Crippen LogP contribution in [-0.4, -0.2) is 27.9 Å². The van der Waals surface area contributed by atoms with Crippen molar-refractivity contribution in [2.24, 2.45) is 0 Å². The molecule has 2 rings (SSSR count). The van der Waals surface area contributed by atoms with Crippen molar-refractivity contribution in [2.75, 3.05) is 6.54 Å². The topological polar surface area (TPSA) is 58.4 Å². The van der Waals surface area contributed by atoms with E-state index >= 15 is 0 Å². The minimum atomic E-state index is 0.110. The van der Waals surface area contributed by atoms with E-state index in [-0.39, 0.29) is 11.9 Å². The molecule has 2 N–H and O–H groups in total. The number of hydrogen-bond acceptors (Lipinski definition) is 4. The van der Waals surface area contributed by atoms with Gasteiger partial charge >= 0.3 is 0 Å². The summed E-state index contributed by atoms with van der Waals surface area (Å²) in [7, 11) is 0. The van der Waals surface area contributed by atoms with Crippen molar-refractivity contribution in [1.82, 2.24) is 20.0 Å². The number of imidazole rings is 1. The van der Waals surface area contributed by atoms with E-state index < -0.39 is 0 Å². The zero-order chi connectivity index (χ0) is 15.4. The second-order valence-corrected chi connectivity index (χ2v) is 6.28. The number of nitrogens with zero attached hydrogens (tertiary/aromatic N) is 2. The molecule has 0 bridgehead atoms. The highest BCUT2D eigenvalue weighted by Gasteiger charge is 2.12. The van der Waals surface area contributed by atoms with Crippen molar-refractivity contribution in [3.8, 4) is 0 Å². The molecule has 1 unspecified atom stereocenters. The lowest BCUT2D eigenvalue weighted by molar-refractivity contribution is -0.121. The van der Waals surface area contributed by atoms with Crippen LogP contribution in [0.3, 0.4) is 0 Å². The van der Waals surface area contributed by atoms with E-state index in [4.69, 9.17) is 0 Å². The quantitative estimate of drug-likeness (QED) is 0.772. The van der Waals surface area contributed by atoms with Crippen molar-refractivity contribution < 1.29 is 4.79 Å². The normalized spacial score (nSPS) is 12.8. The van der Waals surface area contributed by atoms with Gasteiger partial charge in [0.05, 0.1) is 11.4 Å². The summed E-state index contributed by atoms with van der Waals surface area (Å²) >= 11 is 1.66. The minimum absolute atomic E-state index is 0.110. The van der Waals surface area contributed by atoms with Gasteiger partial charge in [0.2, 0.25) is 5.91 Å². The van der Waals surface area contributed by atoms with Gasteiger partial charge in [-0.15, -0.1) is 11.3 Å². The Balaban J connectivity index is 1.84. The molecule has 2 aromatic heterocycles. The van der Waals surface area contributed by atoms with Gasteiger partial charge < -0.3 is 10.6 Å². The van der Waals surface area contributed by atoms with Crippen molar-refractivity contribution in [3.63, 3.8) is 0 Å². The van der Waals surface area contributed by atoms with Crippen LogP contribution in [0, 0.1) is 13.8 Å². The summed E-state index contributed by atoms with van der Waals surface area (Å²) in [5.74, 6) is 0.110. The van der Waals surface area contributed by atoms with E-state index in [9.17, 15) is 4.79 Å². The molecule has 0 saturated heterocycles. The van der Waals surface area contributed by atoms with E-state index in [2.05, 4.69) is 39.2 Å². The second kappa shape index (κ2) is 7.04. The Bertz CT molecular complexity index is 616. The third kappa shape index (κ3) is 3.83. The molecular formula is C15H24N4OS. The van der Waals surface area contributed by atoms with Gasteiger partial charge in [0, 0.05) is 36.6 Å². The van der Waals surface area contributed by atoms with Gasteiger partial charge in [-0.05, 0) is 27.2 Å². The number of rotatable bonds is 7. The van der Waals surface area contributed by atoms with Crippen molar-refractivity contribution in [1.29, 1.82) is 0 Å². The summed E-state index contributed by atoms with van der Waals surface area (Å²) < 4.78 is 2.19. The van der Waals surface area contributed by atoms with Crippen LogP contribution in [0.4, 0.5) is 0 Å². The largest absolute Gasteiger partial charge is 0.354 e. The maximum absolute atomic E-state index is 11.7. The molecule has 0 aliphatic carbocycles. The maximum atomic E-state index is 11.7. The fourth-order valence-corrected chi connectivity index (χ4v) is 3.16. The molecule has 2 aromatic rings. The van der Waals surface area contributed by atoms with Gasteiger partial charge in [-0.1, -0.05) is 6.92 Å². The number of aryl methyl sites for hydroxylation is 2. The molecule has 0 saturated carbocycles. The fraction of sp³-hybridized carbons (Fsp3) is 0.600. The first kappa shape index (κ1) is 16.0. The number of fused-ring (bicyclic) bond motifs is 1. The smallest absolute Gasteiger partial charge is 0.221 e. The number of carbonyl (C=O) groups excluding carboxylic acids is 1. The number of hydrogen-bond donors (Lipinski definition) is 2. The summed E-state index contributed by atoms with van der Waals surface area (Å²) in [5, 5.41) is 8.43. The van der Waals surface area contributed by atoms with Crippen molar-refractivity contribution in [3.05, 3.63) is 22.5 Å². The highest BCUT2D eigenvalue weighted by Crippen LogP contribution is 2.20. The van der Waals surface area contributed by atoms with Crippen LogP contribution in [0.25, 0.3) is 4.96 Å². The molecule has 6 heteroatoms. The molecule has 0 radical (unpaired) electrons. The Hall–Kier alpha value is -1.40. The van der Waals surface area contributed by atoms with Crippen molar-refractivity contribution >= 4 is 22.2 Å². The number of thiazole rings is 1. The highest BCUT2D eigenvalue weighted by atomic mass is 32.1. The van der Waals surface area contributed by atoms with Gasteiger partial charge in [-0.25, -0.2) is 4.98 Å². The first-order valence-corrected chi connectivity index (χ1v) is 8.33. The zero-order valence-electron chi connectivity index (χ0n) is 13.2. The molecule has 21 heavy (non-hydrogen) atoms. The van der Waals surface area contributed by atoms with Crippen molar-refractivity contribution in [2.45, 2.75) is 53.1 Å². The third-order valence-corrected chi connectivity index (χ3v) is 4.61. The molecule has 0 aliphatic heterocycles. The lowest BCUT2D eigenvalue weighted by atomic mass is 10.2. The minimum Gasteiger partial charge on any atom is -0.354 e. The van der Waals surface area contributed by atoms with Gasteiger partial charge in [0.15, 0.2) is 4.96 Å². The predicted octanol–water partition coefficient (Wildman–Crippen LogP) is 2.41. The lowest BCUT2D eigenvalue weighted by Crippen LogP contribution is -2.34. The number of amides is 1. The molecule has 5 nitrogen and oxygen atoms in total. The Morgan fingerprint density at radius 2 is 2.24 bits per heavy atom. The number of carbonyl (C=O) groups is 1. The summed E-state index contributed by atoms with van der Waals surface area (Å²) in [6, 6.07) is 0.252. The molecular weight excluding hydrogens is 284 g/mol. The van der Waals surface area contributed by atoms with Crippen LogP contribution in [0.2, 0.25) is 0 Å². The first-order valence-electron chi connectivity index (χ1n) is 7.45. The zero-order valence-corrected chi connectivity index (χ0v) is 14.0. The van der Waals surface area contributed by atoms with Crippen LogP contribution in [0.15, 0.2) is 5.38 Å². The van der Waals surface area contributed by atoms with Gasteiger partial charge in [0.1, 0.15) is 0 Å². The van der Waals surface area contributed by atoms with E-state index in [1.807, 2.05) is 13.8 Å². The summed E-state index contributed by atoms with van der Waals surface area (Å²) in [6.45, 7) is 9.63. The standard InChI is InChI=1S/C15H24N4OS/c1-5-10(2)17-14(20)6-7-16-8-13-12(4)18-15-19(13)11(3)9-21-15/h9-10,16H,5-8H2,1-4H3,(H,17,20). The molecule has 0 fully saturated rings. The molecule has 116 valence electrons. The SMILES string of the molecule is CCC(C)NC(=O)CCNCc1c(C)nc2scc(C)n12. The van der Waals surface area contributed by atoms with Crippen LogP contribution < -0.4 is 10.6 Å². The summed E-state index contributed by atoms with van der Waals surface area (Å²) in [6.07, 6.45) is 1.47. The Morgan fingerprint density at radius 3 is 2.95 bits per heavy atom. The molecule has 0 spiro atoms. The molecule has 1 atom stereocenters. The monoisotopic (exact) mass is 308 g/mol. The third-order valence-electron chi connectivity index (χ3n) is 3.67. The second-order valence-electron chi connectivity index (χ2n) is 5.44. The van der Waals surface area contributed by atoms with Crippen LogP contribution in [0.1, 0.15) is 43.8 Å². The predicted molar refractivity (Wildman–Crippen MR) is 86.8 cm³/mol. The fourth-order valence-electron chi connectivity index (χ4n) is 2.23. The average molecular weight is 308 g/mol. The highest BCUT2D eigenvalue weighted by molar-refractivity contribution is 7.15. The average Bonchev–Trinajstić information content (AvgIpc) is 2.95. The van der Waals surface area contributed by atoms with E-state index in [1.165, 1.54) is 11.4 Å². The Morgan fingerprint density at radius 1 is 1.48 bits per heavy atom. The van der Waals surface area contributed by atoms with E-state index in [0.29, 0.717) is 13.0 Å². The molecule has 0 aromatic carbocycles.